The predicted molar refractivity (Wildman–Crippen MR) is 127 cm³/mol. The molecule has 4 aromatic rings. The molecule has 0 saturated heterocycles. The van der Waals surface area contributed by atoms with Crippen LogP contribution in [0.1, 0.15) is 11.1 Å². The maximum atomic E-state index is 3.66. The molecule has 4 rings (SSSR count). The molecule has 1 nitrogen and oxygen atoms in total. The van der Waals surface area contributed by atoms with E-state index in [2.05, 4.69) is 121 Å². The van der Waals surface area contributed by atoms with Crippen LogP contribution in [-0.2, 0) is 13.0 Å². The Labute approximate surface area is 175 Å². The Bertz CT molecular complexity index is 961. The minimum Gasteiger partial charge on any atom is -0.312 e. The quantitative estimate of drug-likeness (QED) is 0.335. The van der Waals surface area contributed by atoms with Gasteiger partial charge in [0.2, 0.25) is 0 Å². The average molecular weight is 395 g/mol. The van der Waals surface area contributed by atoms with Gasteiger partial charge in [-0.2, -0.15) is 0 Å². The molecule has 0 amide bonds. The van der Waals surface area contributed by atoms with Gasteiger partial charge in [0.1, 0.15) is 0 Å². The van der Waals surface area contributed by atoms with Gasteiger partial charge in [0.05, 0.1) is 0 Å². The van der Waals surface area contributed by atoms with Gasteiger partial charge in [-0.25, -0.2) is 0 Å². The third-order valence-electron chi connectivity index (χ3n) is 5.01. The van der Waals surface area contributed by atoms with E-state index in [1.54, 1.807) is 0 Å². The molecule has 2 heteroatoms. The topological polar surface area (TPSA) is 12.0 Å². The van der Waals surface area contributed by atoms with Crippen LogP contribution in [0.5, 0.6) is 0 Å². The van der Waals surface area contributed by atoms with Crippen LogP contribution < -0.4 is 21.2 Å². The van der Waals surface area contributed by atoms with E-state index in [9.17, 15) is 0 Å². The van der Waals surface area contributed by atoms with E-state index in [0.29, 0.717) is 0 Å². The molecular formula is C27H26NP. The summed E-state index contributed by atoms with van der Waals surface area (Å²) in [7, 11) is -0.571. The van der Waals surface area contributed by atoms with Gasteiger partial charge < -0.3 is 5.32 Å². The van der Waals surface area contributed by atoms with Crippen molar-refractivity contribution in [2.24, 2.45) is 0 Å². The van der Waals surface area contributed by atoms with Crippen molar-refractivity contribution in [3.8, 4) is 0 Å². The van der Waals surface area contributed by atoms with Crippen molar-refractivity contribution in [3.63, 3.8) is 0 Å². The fourth-order valence-electron chi connectivity index (χ4n) is 3.56. The standard InChI is InChI=1S/C27H26NP/c1-4-12-23(13-5-1)20-21-28-22-24-14-10-11-19-27(24)29(25-15-6-2-7-16-25)26-17-8-3-9-18-26/h1-19,28H,20-22H2. The lowest BCUT2D eigenvalue weighted by molar-refractivity contribution is 0.689. The Kier molecular flexibility index (Phi) is 6.86. The first-order valence-corrected chi connectivity index (χ1v) is 11.5. The Morgan fingerprint density at radius 3 is 1.69 bits per heavy atom. The summed E-state index contributed by atoms with van der Waals surface area (Å²) in [4.78, 5) is 0. The van der Waals surface area contributed by atoms with Gasteiger partial charge in [-0.3, -0.25) is 0 Å². The average Bonchev–Trinajstić information content (AvgIpc) is 2.80. The van der Waals surface area contributed by atoms with Gasteiger partial charge in [-0.15, -0.1) is 0 Å². The number of hydrogen-bond acceptors (Lipinski definition) is 1. The van der Waals surface area contributed by atoms with Crippen molar-refractivity contribution >= 4 is 23.8 Å². The normalized spacial score (nSPS) is 10.9. The fourth-order valence-corrected chi connectivity index (χ4v) is 6.03. The zero-order valence-corrected chi connectivity index (χ0v) is 17.4. The maximum absolute atomic E-state index is 3.66. The highest BCUT2D eigenvalue weighted by molar-refractivity contribution is 7.79. The second-order valence-electron chi connectivity index (χ2n) is 7.05. The van der Waals surface area contributed by atoms with Gasteiger partial charge in [0.15, 0.2) is 0 Å². The van der Waals surface area contributed by atoms with E-state index in [0.717, 1.165) is 19.5 Å². The number of benzene rings is 4. The summed E-state index contributed by atoms with van der Waals surface area (Å²) in [6.45, 7) is 1.87. The number of hydrogen-bond donors (Lipinski definition) is 1. The summed E-state index contributed by atoms with van der Waals surface area (Å²) in [6.07, 6.45) is 1.05. The minimum atomic E-state index is -0.571. The van der Waals surface area contributed by atoms with Crippen LogP contribution in [0, 0.1) is 0 Å². The molecule has 0 fully saturated rings. The Morgan fingerprint density at radius 2 is 1.07 bits per heavy atom. The van der Waals surface area contributed by atoms with Gasteiger partial charge in [0.25, 0.3) is 0 Å². The van der Waals surface area contributed by atoms with Gasteiger partial charge >= 0.3 is 0 Å². The zero-order valence-electron chi connectivity index (χ0n) is 16.5. The molecule has 0 radical (unpaired) electrons. The lowest BCUT2D eigenvalue weighted by Gasteiger charge is -2.22. The van der Waals surface area contributed by atoms with E-state index in [1.807, 2.05) is 0 Å². The van der Waals surface area contributed by atoms with E-state index < -0.39 is 7.92 Å². The highest BCUT2D eigenvalue weighted by Crippen LogP contribution is 2.33. The third-order valence-corrected chi connectivity index (χ3v) is 7.56. The molecule has 29 heavy (non-hydrogen) atoms. The smallest absolute Gasteiger partial charge is 0.0212 e. The van der Waals surface area contributed by atoms with Crippen molar-refractivity contribution in [2.45, 2.75) is 13.0 Å². The summed E-state index contributed by atoms with van der Waals surface area (Å²) in [5.41, 5.74) is 2.77. The summed E-state index contributed by atoms with van der Waals surface area (Å²) in [6, 6.07) is 41.4. The fraction of sp³-hybridized carbons (Fsp3) is 0.111. The number of nitrogens with one attached hydrogen (secondary N) is 1. The molecular weight excluding hydrogens is 369 g/mol. The minimum absolute atomic E-state index is 0.571. The SMILES string of the molecule is c1ccc(CCNCc2ccccc2P(c2ccccc2)c2ccccc2)cc1. The summed E-state index contributed by atoms with van der Waals surface area (Å²) in [5.74, 6) is 0. The van der Waals surface area contributed by atoms with Crippen molar-refractivity contribution < 1.29 is 0 Å². The molecule has 0 atom stereocenters. The third kappa shape index (κ3) is 5.21. The van der Waals surface area contributed by atoms with Gasteiger partial charge in [0, 0.05) is 6.54 Å². The van der Waals surface area contributed by atoms with Crippen molar-refractivity contribution in [2.75, 3.05) is 6.54 Å². The molecule has 0 heterocycles. The molecule has 0 aliphatic heterocycles. The van der Waals surface area contributed by atoms with Crippen LogP contribution in [0.4, 0.5) is 0 Å². The maximum Gasteiger partial charge on any atom is 0.0212 e. The molecule has 0 saturated carbocycles. The van der Waals surface area contributed by atoms with Crippen LogP contribution in [0.3, 0.4) is 0 Å². The number of rotatable bonds is 8. The Hall–Kier alpha value is -2.73. The van der Waals surface area contributed by atoms with Crippen LogP contribution in [0.2, 0.25) is 0 Å². The first kappa shape index (κ1) is 19.6. The van der Waals surface area contributed by atoms with Gasteiger partial charge in [-0.1, -0.05) is 115 Å². The summed E-state index contributed by atoms with van der Waals surface area (Å²) < 4.78 is 0. The summed E-state index contributed by atoms with van der Waals surface area (Å²) >= 11 is 0. The van der Waals surface area contributed by atoms with Crippen molar-refractivity contribution in [1.82, 2.24) is 5.32 Å². The predicted octanol–water partition coefficient (Wildman–Crippen LogP) is 4.78. The molecule has 0 aliphatic carbocycles. The molecule has 0 spiro atoms. The summed E-state index contributed by atoms with van der Waals surface area (Å²) in [5, 5.41) is 7.88. The van der Waals surface area contributed by atoms with Crippen molar-refractivity contribution in [1.29, 1.82) is 0 Å². The van der Waals surface area contributed by atoms with Crippen LogP contribution >= 0.6 is 7.92 Å². The second-order valence-corrected chi connectivity index (χ2v) is 9.23. The van der Waals surface area contributed by atoms with Crippen LogP contribution in [0.15, 0.2) is 115 Å². The first-order chi connectivity index (χ1) is 14.4. The second kappa shape index (κ2) is 10.2. The van der Waals surface area contributed by atoms with Crippen LogP contribution in [-0.4, -0.2) is 6.54 Å². The molecule has 144 valence electrons. The Morgan fingerprint density at radius 1 is 0.552 bits per heavy atom. The first-order valence-electron chi connectivity index (χ1n) is 10.1. The molecule has 4 aromatic carbocycles. The zero-order chi connectivity index (χ0) is 19.7. The molecule has 0 bridgehead atoms. The highest BCUT2D eigenvalue weighted by Gasteiger charge is 2.18. The highest BCUT2D eigenvalue weighted by atomic mass is 31.1. The lowest BCUT2D eigenvalue weighted by atomic mass is 10.1. The van der Waals surface area contributed by atoms with E-state index in [1.165, 1.54) is 27.0 Å². The van der Waals surface area contributed by atoms with Crippen LogP contribution in [0.25, 0.3) is 0 Å². The van der Waals surface area contributed by atoms with E-state index in [-0.39, 0.29) is 0 Å². The van der Waals surface area contributed by atoms with Crippen molar-refractivity contribution in [3.05, 3.63) is 126 Å². The molecule has 0 aliphatic rings. The molecule has 1 N–H and O–H groups in total. The molecule has 0 unspecified atom stereocenters. The monoisotopic (exact) mass is 395 g/mol. The lowest BCUT2D eigenvalue weighted by Crippen LogP contribution is -2.26. The van der Waals surface area contributed by atoms with E-state index in [4.69, 9.17) is 0 Å². The van der Waals surface area contributed by atoms with Gasteiger partial charge in [-0.05, 0) is 47.9 Å². The molecule has 0 aromatic heterocycles. The van der Waals surface area contributed by atoms with E-state index >= 15 is 0 Å². The largest absolute Gasteiger partial charge is 0.312 e. The Balaban J connectivity index is 1.56.